The van der Waals surface area contributed by atoms with E-state index in [4.69, 9.17) is 9.52 Å². The number of benzene rings is 1. The molecule has 0 aliphatic carbocycles. The van der Waals surface area contributed by atoms with Gasteiger partial charge in [-0.3, -0.25) is 4.21 Å². The molecule has 0 saturated heterocycles. The van der Waals surface area contributed by atoms with Crippen molar-refractivity contribution in [1.82, 2.24) is 0 Å². The number of furan rings is 1. The first-order chi connectivity index (χ1) is 9.13. The van der Waals surface area contributed by atoms with Gasteiger partial charge in [-0.05, 0) is 12.5 Å². The number of carboxylic acids is 1. The van der Waals surface area contributed by atoms with E-state index < -0.39 is 16.8 Å². The minimum Gasteiger partial charge on any atom is -0.475 e. The molecule has 2 aromatic rings. The van der Waals surface area contributed by atoms with Crippen molar-refractivity contribution in [2.75, 3.05) is 5.75 Å². The Morgan fingerprint density at radius 2 is 2.11 bits per heavy atom. The number of carbonyl (C=O) groups is 1. The maximum atomic E-state index is 12.0. The van der Waals surface area contributed by atoms with E-state index in [1.807, 2.05) is 13.0 Å². The Balaban J connectivity index is 2.36. The first kappa shape index (κ1) is 13.8. The van der Waals surface area contributed by atoms with E-state index in [1.165, 1.54) is 0 Å². The average Bonchev–Trinajstić information content (AvgIpc) is 2.76. The topological polar surface area (TPSA) is 67.5 Å². The lowest BCUT2D eigenvalue weighted by molar-refractivity contribution is 0.0664. The number of aromatic carboxylic acids is 1. The molecule has 1 N–H and O–H groups in total. The van der Waals surface area contributed by atoms with Gasteiger partial charge in [0.2, 0.25) is 5.76 Å². The standard InChI is InChI=1S/C14H16O4S/c1-2-3-8-19(17)9-11-10-6-4-5-7-12(10)18-13(11)14(15)16/h4-7H,2-3,8-9H2,1H3,(H,15,16). The van der Waals surface area contributed by atoms with E-state index in [-0.39, 0.29) is 11.5 Å². The van der Waals surface area contributed by atoms with Crippen LogP contribution in [0.15, 0.2) is 28.7 Å². The molecule has 0 aliphatic heterocycles. The molecule has 1 aromatic carbocycles. The maximum absolute atomic E-state index is 12.0. The Kier molecular flexibility index (Phi) is 4.37. The number of carboxylic acid groups (broad SMARTS) is 1. The lowest BCUT2D eigenvalue weighted by Crippen LogP contribution is -2.05. The van der Waals surface area contributed by atoms with Gasteiger partial charge in [0.1, 0.15) is 5.58 Å². The molecule has 0 spiro atoms. The quantitative estimate of drug-likeness (QED) is 0.882. The molecule has 1 heterocycles. The molecular weight excluding hydrogens is 264 g/mol. The first-order valence-electron chi connectivity index (χ1n) is 6.22. The Bertz CT molecular complexity index is 615. The van der Waals surface area contributed by atoms with Crippen molar-refractivity contribution in [3.8, 4) is 0 Å². The summed E-state index contributed by atoms with van der Waals surface area (Å²) in [4.78, 5) is 11.2. The van der Waals surface area contributed by atoms with E-state index >= 15 is 0 Å². The SMILES string of the molecule is CCCCS(=O)Cc1c(C(=O)O)oc2ccccc12. The normalized spacial score (nSPS) is 12.7. The maximum Gasteiger partial charge on any atom is 0.372 e. The first-order valence-corrected chi connectivity index (χ1v) is 7.71. The van der Waals surface area contributed by atoms with Crippen LogP contribution in [0.2, 0.25) is 0 Å². The summed E-state index contributed by atoms with van der Waals surface area (Å²) in [5, 5.41) is 9.90. The Morgan fingerprint density at radius 3 is 2.79 bits per heavy atom. The van der Waals surface area contributed by atoms with Crippen molar-refractivity contribution < 1.29 is 18.5 Å². The summed E-state index contributed by atoms with van der Waals surface area (Å²) < 4.78 is 17.3. The average molecular weight is 280 g/mol. The molecule has 102 valence electrons. The largest absolute Gasteiger partial charge is 0.475 e. The van der Waals surface area contributed by atoms with Crippen LogP contribution in [-0.4, -0.2) is 21.0 Å². The van der Waals surface area contributed by atoms with Gasteiger partial charge in [-0.25, -0.2) is 4.79 Å². The molecule has 0 aliphatic rings. The molecule has 19 heavy (non-hydrogen) atoms. The zero-order valence-electron chi connectivity index (χ0n) is 10.7. The number of para-hydroxylation sites is 1. The molecule has 1 aromatic heterocycles. The minimum absolute atomic E-state index is 0.0916. The number of hydrogen-bond acceptors (Lipinski definition) is 3. The van der Waals surface area contributed by atoms with Crippen molar-refractivity contribution in [1.29, 1.82) is 0 Å². The van der Waals surface area contributed by atoms with Crippen LogP contribution in [0.1, 0.15) is 35.9 Å². The second-order valence-electron chi connectivity index (χ2n) is 4.35. The van der Waals surface area contributed by atoms with Crippen LogP contribution in [0.5, 0.6) is 0 Å². The highest BCUT2D eigenvalue weighted by Crippen LogP contribution is 2.27. The number of fused-ring (bicyclic) bond motifs is 1. The third-order valence-corrected chi connectivity index (χ3v) is 4.28. The second-order valence-corrected chi connectivity index (χ2v) is 5.93. The fraction of sp³-hybridized carbons (Fsp3) is 0.357. The third kappa shape index (κ3) is 3.04. The van der Waals surface area contributed by atoms with E-state index in [9.17, 15) is 9.00 Å². The summed E-state index contributed by atoms with van der Waals surface area (Å²) in [6.45, 7) is 2.03. The van der Waals surface area contributed by atoms with Gasteiger partial charge in [0.25, 0.3) is 0 Å². The summed E-state index contributed by atoms with van der Waals surface area (Å²) in [5.74, 6) is -0.377. The Labute approximate surface area is 113 Å². The highest BCUT2D eigenvalue weighted by atomic mass is 32.2. The molecule has 1 atom stereocenters. The van der Waals surface area contributed by atoms with E-state index in [2.05, 4.69) is 0 Å². The molecule has 0 fully saturated rings. The molecule has 0 radical (unpaired) electrons. The molecule has 0 amide bonds. The summed E-state index contributed by atoms with van der Waals surface area (Å²) in [6.07, 6.45) is 1.86. The summed E-state index contributed by atoms with van der Waals surface area (Å²) in [7, 11) is -1.06. The Hall–Kier alpha value is -1.62. The minimum atomic E-state index is -1.11. The number of rotatable bonds is 6. The van der Waals surface area contributed by atoms with Crippen LogP contribution < -0.4 is 0 Å². The molecule has 4 nitrogen and oxygen atoms in total. The number of unbranched alkanes of at least 4 members (excludes halogenated alkanes) is 1. The van der Waals surface area contributed by atoms with Gasteiger partial charge in [-0.15, -0.1) is 0 Å². The molecule has 2 rings (SSSR count). The fourth-order valence-corrected chi connectivity index (χ4v) is 3.32. The van der Waals surface area contributed by atoms with Crippen LogP contribution in [0, 0.1) is 0 Å². The van der Waals surface area contributed by atoms with Gasteiger partial charge in [-0.2, -0.15) is 0 Å². The highest BCUT2D eigenvalue weighted by Gasteiger charge is 2.21. The van der Waals surface area contributed by atoms with E-state index in [0.717, 1.165) is 18.2 Å². The molecule has 0 bridgehead atoms. The van der Waals surface area contributed by atoms with Gasteiger partial charge >= 0.3 is 5.97 Å². The molecule has 0 saturated carbocycles. The van der Waals surface area contributed by atoms with Crippen molar-refractivity contribution in [2.45, 2.75) is 25.5 Å². The molecule has 5 heteroatoms. The summed E-state index contributed by atoms with van der Waals surface area (Å²) >= 11 is 0. The van der Waals surface area contributed by atoms with Crippen LogP contribution in [-0.2, 0) is 16.6 Å². The monoisotopic (exact) mass is 280 g/mol. The summed E-state index contributed by atoms with van der Waals surface area (Å²) in [6, 6.07) is 7.13. The predicted molar refractivity (Wildman–Crippen MR) is 74.8 cm³/mol. The van der Waals surface area contributed by atoms with Crippen molar-refractivity contribution in [2.24, 2.45) is 0 Å². The van der Waals surface area contributed by atoms with Gasteiger partial charge in [0.05, 0.1) is 5.75 Å². The van der Waals surface area contributed by atoms with Crippen LogP contribution >= 0.6 is 0 Å². The molecule has 1 unspecified atom stereocenters. The lowest BCUT2D eigenvalue weighted by Gasteiger charge is -2.01. The smallest absolute Gasteiger partial charge is 0.372 e. The van der Waals surface area contributed by atoms with Crippen molar-refractivity contribution in [3.63, 3.8) is 0 Å². The highest BCUT2D eigenvalue weighted by molar-refractivity contribution is 7.84. The van der Waals surface area contributed by atoms with Crippen LogP contribution in [0.4, 0.5) is 0 Å². The van der Waals surface area contributed by atoms with Gasteiger partial charge < -0.3 is 9.52 Å². The summed E-state index contributed by atoms with van der Waals surface area (Å²) in [5.41, 5.74) is 1.07. The second kappa shape index (κ2) is 6.02. The Morgan fingerprint density at radius 1 is 1.37 bits per heavy atom. The van der Waals surface area contributed by atoms with Crippen LogP contribution in [0.25, 0.3) is 11.0 Å². The van der Waals surface area contributed by atoms with Gasteiger partial charge in [-0.1, -0.05) is 31.5 Å². The zero-order valence-corrected chi connectivity index (χ0v) is 11.5. The van der Waals surface area contributed by atoms with Crippen molar-refractivity contribution in [3.05, 3.63) is 35.6 Å². The van der Waals surface area contributed by atoms with Gasteiger partial charge in [0, 0.05) is 27.5 Å². The predicted octanol–water partition coefficient (Wildman–Crippen LogP) is 3.18. The zero-order chi connectivity index (χ0) is 13.8. The fourth-order valence-electron chi connectivity index (χ4n) is 1.95. The van der Waals surface area contributed by atoms with E-state index in [0.29, 0.717) is 16.9 Å². The lowest BCUT2D eigenvalue weighted by atomic mass is 10.1. The molecular formula is C14H16O4S. The van der Waals surface area contributed by atoms with Gasteiger partial charge in [0.15, 0.2) is 0 Å². The number of hydrogen-bond donors (Lipinski definition) is 1. The van der Waals surface area contributed by atoms with Crippen LogP contribution in [0.3, 0.4) is 0 Å². The van der Waals surface area contributed by atoms with Crippen molar-refractivity contribution >= 4 is 27.7 Å². The third-order valence-electron chi connectivity index (χ3n) is 2.92. The van der Waals surface area contributed by atoms with E-state index in [1.54, 1.807) is 18.2 Å².